The van der Waals surface area contributed by atoms with Gasteiger partial charge in [0.15, 0.2) is 6.61 Å². The van der Waals surface area contributed by atoms with Crippen LogP contribution in [-0.4, -0.2) is 17.7 Å². The molecule has 0 aliphatic rings. The Labute approximate surface area is 86.3 Å². The van der Waals surface area contributed by atoms with E-state index in [2.05, 4.69) is 10.7 Å². The van der Waals surface area contributed by atoms with E-state index in [4.69, 9.17) is 23.1 Å². The van der Waals surface area contributed by atoms with Crippen molar-refractivity contribution in [3.63, 3.8) is 0 Å². The van der Waals surface area contributed by atoms with Crippen molar-refractivity contribution in [3.8, 4) is 18.1 Å². The van der Waals surface area contributed by atoms with Crippen molar-refractivity contribution in [2.45, 2.75) is 0 Å². The lowest BCUT2D eigenvalue weighted by Gasteiger charge is -2.03. The van der Waals surface area contributed by atoms with Crippen molar-refractivity contribution in [3.05, 3.63) is 28.8 Å². The van der Waals surface area contributed by atoms with Crippen molar-refractivity contribution in [1.82, 2.24) is 0 Å². The Hall–Kier alpha value is -1.66. The summed E-state index contributed by atoms with van der Waals surface area (Å²) in [7, 11) is 0. The van der Waals surface area contributed by atoms with Gasteiger partial charge in [0.25, 0.3) is 0 Å². The summed E-state index contributed by atoms with van der Waals surface area (Å²) in [6, 6.07) is 3.98. The summed E-state index contributed by atoms with van der Waals surface area (Å²) in [6.07, 6.45) is 4.92. The lowest BCUT2D eigenvalue weighted by molar-refractivity contribution is 0.0557. The average molecular weight is 211 g/mol. The number of hydrogen-bond acceptors (Lipinski definition) is 3. The summed E-state index contributed by atoms with van der Waals surface area (Å²) in [5, 5.41) is 9.16. The zero-order valence-electron chi connectivity index (χ0n) is 7.16. The van der Waals surface area contributed by atoms with Crippen LogP contribution in [0.1, 0.15) is 10.4 Å². The van der Waals surface area contributed by atoms with Crippen molar-refractivity contribution in [1.29, 1.82) is 0 Å². The summed E-state index contributed by atoms with van der Waals surface area (Å²) < 4.78 is 4.66. The molecule has 1 rings (SSSR count). The molecule has 0 amide bonds. The largest absolute Gasteiger partial charge is 0.508 e. The molecule has 0 spiro atoms. The minimum absolute atomic E-state index is 0.0106. The molecule has 0 atom stereocenters. The molecular weight excluding hydrogens is 204 g/mol. The first kappa shape index (κ1) is 10.4. The number of rotatable bonds is 2. The number of carbonyl (C=O) groups excluding carboxylic acids is 1. The summed E-state index contributed by atoms with van der Waals surface area (Å²) in [4.78, 5) is 11.3. The highest BCUT2D eigenvalue weighted by molar-refractivity contribution is 6.33. The smallest absolute Gasteiger partial charge is 0.340 e. The third kappa shape index (κ3) is 2.41. The fraction of sp³-hybridized carbons (Fsp3) is 0.100. The van der Waals surface area contributed by atoms with Crippen LogP contribution in [0.4, 0.5) is 0 Å². The summed E-state index contributed by atoms with van der Waals surface area (Å²) >= 11 is 5.69. The Morgan fingerprint density at radius 2 is 2.36 bits per heavy atom. The van der Waals surface area contributed by atoms with Gasteiger partial charge in [0.2, 0.25) is 0 Å². The first-order chi connectivity index (χ1) is 6.65. The van der Waals surface area contributed by atoms with Gasteiger partial charge in [0.1, 0.15) is 5.75 Å². The van der Waals surface area contributed by atoms with Gasteiger partial charge in [-0.05, 0) is 18.2 Å². The number of carbonyl (C=O) groups is 1. The number of ether oxygens (including phenoxy) is 1. The number of esters is 1. The van der Waals surface area contributed by atoms with Crippen molar-refractivity contribution in [2.24, 2.45) is 0 Å². The van der Waals surface area contributed by atoms with Crippen molar-refractivity contribution < 1.29 is 14.6 Å². The first-order valence-corrected chi connectivity index (χ1v) is 4.12. The van der Waals surface area contributed by atoms with E-state index in [-0.39, 0.29) is 22.9 Å². The summed E-state index contributed by atoms with van der Waals surface area (Å²) in [5.74, 6) is 1.55. The number of benzene rings is 1. The molecule has 0 saturated heterocycles. The van der Waals surface area contributed by atoms with Crippen molar-refractivity contribution >= 4 is 17.6 Å². The highest BCUT2D eigenvalue weighted by Crippen LogP contribution is 2.21. The van der Waals surface area contributed by atoms with E-state index in [1.165, 1.54) is 18.2 Å². The predicted octanol–water partition coefficient (Wildman–Crippen LogP) is 1.84. The van der Waals surface area contributed by atoms with E-state index >= 15 is 0 Å². The molecular formula is C10H7ClO3. The van der Waals surface area contributed by atoms with Gasteiger partial charge in [-0.3, -0.25) is 0 Å². The molecule has 0 aromatic heterocycles. The molecule has 0 saturated carbocycles. The van der Waals surface area contributed by atoms with Crippen LogP contribution < -0.4 is 0 Å². The second kappa shape index (κ2) is 4.54. The Kier molecular flexibility index (Phi) is 3.38. The number of terminal acetylenes is 1. The summed E-state index contributed by atoms with van der Waals surface area (Å²) in [5.41, 5.74) is 0.180. The van der Waals surface area contributed by atoms with Crippen LogP contribution in [0.2, 0.25) is 5.02 Å². The molecule has 0 aliphatic heterocycles. The van der Waals surface area contributed by atoms with Gasteiger partial charge in [0.05, 0.1) is 10.6 Å². The Morgan fingerprint density at radius 3 is 2.93 bits per heavy atom. The Bertz CT molecular complexity index is 393. The van der Waals surface area contributed by atoms with E-state index in [1.807, 2.05) is 0 Å². The van der Waals surface area contributed by atoms with Gasteiger partial charge in [-0.15, -0.1) is 6.42 Å². The fourth-order valence-electron chi connectivity index (χ4n) is 0.855. The monoisotopic (exact) mass is 210 g/mol. The Morgan fingerprint density at radius 1 is 1.64 bits per heavy atom. The minimum atomic E-state index is -0.604. The number of hydrogen-bond donors (Lipinski definition) is 1. The first-order valence-electron chi connectivity index (χ1n) is 3.74. The molecule has 3 nitrogen and oxygen atoms in total. The van der Waals surface area contributed by atoms with Gasteiger partial charge in [0, 0.05) is 0 Å². The topological polar surface area (TPSA) is 46.5 Å². The minimum Gasteiger partial charge on any atom is -0.508 e. The molecule has 1 aromatic carbocycles. The molecule has 1 aromatic rings. The van der Waals surface area contributed by atoms with Crippen LogP contribution in [0.15, 0.2) is 18.2 Å². The van der Waals surface area contributed by atoms with E-state index < -0.39 is 5.97 Å². The maximum Gasteiger partial charge on any atom is 0.340 e. The molecule has 14 heavy (non-hydrogen) atoms. The molecule has 0 unspecified atom stereocenters. The lowest BCUT2D eigenvalue weighted by Crippen LogP contribution is -2.05. The molecule has 0 fully saturated rings. The van der Waals surface area contributed by atoms with Gasteiger partial charge >= 0.3 is 5.97 Å². The number of aromatic hydroxyl groups is 1. The number of halogens is 1. The van der Waals surface area contributed by atoms with Crippen LogP contribution >= 0.6 is 11.6 Å². The highest BCUT2D eigenvalue weighted by Gasteiger charge is 2.11. The lowest BCUT2D eigenvalue weighted by atomic mass is 10.2. The van der Waals surface area contributed by atoms with Crippen LogP contribution in [0.5, 0.6) is 5.75 Å². The standard InChI is InChI=1S/C10H7ClO3/c1-2-5-14-10(13)8-4-3-7(12)6-9(8)11/h1,3-4,6,12H,5H2. The van der Waals surface area contributed by atoms with Crippen LogP contribution in [0, 0.1) is 12.3 Å². The average Bonchev–Trinajstić information content (AvgIpc) is 2.14. The van der Waals surface area contributed by atoms with E-state index in [0.717, 1.165) is 0 Å². The van der Waals surface area contributed by atoms with Gasteiger partial charge < -0.3 is 9.84 Å². The Balaban J connectivity index is 2.86. The second-order valence-electron chi connectivity index (χ2n) is 2.44. The van der Waals surface area contributed by atoms with Crippen LogP contribution in [-0.2, 0) is 4.74 Å². The number of phenolic OH excluding ortho intramolecular Hbond substituents is 1. The third-order valence-corrected chi connectivity index (χ3v) is 1.77. The van der Waals surface area contributed by atoms with E-state index in [9.17, 15) is 4.79 Å². The normalized spacial score (nSPS) is 9.14. The van der Waals surface area contributed by atoms with Gasteiger partial charge in [-0.25, -0.2) is 4.79 Å². The molecule has 72 valence electrons. The number of phenols is 1. The molecule has 0 bridgehead atoms. The van der Waals surface area contributed by atoms with Crippen LogP contribution in [0.3, 0.4) is 0 Å². The van der Waals surface area contributed by atoms with Gasteiger partial charge in [-0.2, -0.15) is 0 Å². The quantitative estimate of drug-likeness (QED) is 0.599. The fourth-order valence-corrected chi connectivity index (χ4v) is 1.11. The molecule has 0 aliphatic carbocycles. The molecule has 4 heteroatoms. The molecule has 0 heterocycles. The second-order valence-corrected chi connectivity index (χ2v) is 2.85. The molecule has 1 N–H and O–H groups in total. The zero-order chi connectivity index (χ0) is 10.6. The van der Waals surface area contributed by atoms with Crippen molar-refractivity contribution in [2.75, 3.05) is 6.61 Å². The van der Waals surface area contributed by atoms with E-state index in [1.54, 1.807) is 0 Å². The third-order valence-electron chi connectivity index (χ3n) is 1.46. The van der Waals surface area contributed by atoms with Gasteiger partial charge in [-0.1, -0.05) is 17.5 Å². The SMILES string of the molecule is C#CCOC(=O)c1ccc(O)cc1Cl. The van der Waals surface area contributed by atoms with E-state index in [0.29, 0.717) is 0 Å². The van der Waals surface area contributed by atoms with Crippen LogP contribution in [0.25, 0.3) is 0 Å². The summed E-state index contributed by atoms with van der Waals surface area (Å²) in [6.45, 7) is -0.101. The predicted molar refractivity (Wildman–Crippen MR) is 52.2 cm³/mol. The maximum atomic E-state index is 11.3. The maximum absolute atomic E-state index is 11.3. The highest BCUT2D eigenvalue weighted by atomic mass is 35.5. The molecule has 0 radical (unpaired) electrons. The zero-order valence-corrected chi connectivity index (χ0v) is 7.91.